The van der Waals surface area contributed by atoms with E-state index in [1.807, 2.05) is 19.1 Å². The van der Waals surface area contributed by atoms with Gasteiger partial charge >= 0.3 is 0 Å². The van der Waals surface area contributed by atoms with Crippen LogP contribution in [0.2, 0.25) is 0 Å². The van der Waals surface area contributed by atoms with Gasteiger partial charge in [-0.25, -0.2) is 0 Å². The second kappa shape index (κ2) is 9.08. The van der Waals surface area contributed by atoms with Gasteiger partial charge in [-0.05, 0) is 80.0 Å². The zero-order chi connectivity index (χ0) is 18.2. The van der Waals surface area contributed by atoms with Crippen LogP contribution in [0, 0.1) is 20.8 Å². The Morgan fingerprint density at radius 1 is 0.920 bits per heavy atom. The second-order valence-electron chi connectivity index (χ2n) is 6.75. The molecule has 0 spiro atoms. The highest BCUT2D eigenvalue weighted by atomic mass is 14.5. The zero-order valence-corrected chi connectivity index (χ0v) is 15.7. The lowest BCUT2D eigenvalue weighted by atomic mass is 10.0. The Kier molecular flexibility index (Phi) is 6.82. The molecule has 25 heavy (non-hydrogen) atoms. The van der Waals surface area contributed by atoms with Crippen LogP contribution in [0.5, 0.6) is 0 Å². The summed E-state index contributed by atoms with van der Waals surface area (Å²) in [5.74, 6) is 0. The fourth-order valence-electron chi connectivity index (χ4n) is 2.63. The molecular formula is C24H29N. The van der Waals surface area contributed by atoms with E-state index in [0.717, 1.165) is 36.1 Å². The summed E-state index contributed by atoms with van der Waals surface area (Å²) >= 11 is 0. The maximum Gasteiger partial charge on any atom is 0.0344 e. The van der Waals surface area contributed by atoms with Gasteiger partial charge in [-0.3, -0.25) is 0 Å². The molecule has 0 atom stereocenters. The molecule has 0 saturated carbocycles. The monoisotopic (exact) mass is 331 g/mol. The standard InChI is InChI=1S/C24H29N/c1-18(10-12-23-14-15-24(25)21(4)17-23)8-6-5-7-9-22-13-11-19(2)20(3)16-22/h7,9-17H,1,5-6,8,25H2,2-4H3/b9-7+,12-10+. The molecule has 2 N–H and O–H groups in total. The summed E-state index contributed by atoms with van der Waals surface area (Å²) in [5.41, 5.74) is 14.1. The molecule has 1 nitrogen and oxygen atoms in total. The van der Waals surface area contributed by atoms with Crippen molar-refractivity contribution in [3.05, 3.63) is 88.5 Å². The van der Waals surface area contributed by atoms with E-state index in [1.54, 1.807) is 0 Å². The average Bonchev–Trinajstić information content (AvgIpc) is 2.58. The summed E-state index contributed by atoms with van der Waals surface area (Å²) < 4.78 is 0. The normalized spacial score (nSPS) is 11.5. The SMILES string of the molecule is C=C(/C=C/c1ccc(N)c(C)c1)CCC/C=C/c1ccc(C)c(C)c1. The molecule has 2 rings (SSSR count). The maximum atomic E-state index is 5.85. The van der Waals surface area contributed by atoms with Crippen molar-refractivity contribution in [1.82, 2.24) is 0 Å². The van der Waals surface area contributed by atoms with E-state index in [1.165, 1.54) is 22.3 Å². The van der Waals surface area contributed by atoms with E-state index < -0.39 is 0 Å². The second-order valence-corrected chi connectivity index (χ2v) is 6.75. The molecule has 0 aliphatic heterocycles. The maximum absolute atomic E-state index is 5.85. The van der Waals surface area contributed by atoms with Crippen LogP contribution in [0.1, 0.15) is 47.1 Å². The van der Waals surface area contributed by atoms with E-state index in [4.69, 9.17) is 5.73 Å². The minimum absolute atomic E-state index is 0.839. The van der Waals surface area contributed by atoms with E-state index in [0.29, 0.717) is 0 Å². The van der Waals surface area contributed by atoms with Crippen molar-refractivity contribution in [2.24, 2.45) is 0 Å². The number of nitrogens with two attached hydrogens (primary N) is 1. The predicted octanol–water partition coefficient (Wildman–Crippen LogP) is 6.65. The van der Waals surface area contributed by atoms with Crippen LogP contribution < -0.4 is 5.73 Å². The fraction of sp³-hybridized carbons (Fsp3) is 0.250. The highest BCUT2D eigenvalue weighted by Gasteiger charge is 1.95. The Morgan fingerprint density at radius 3 is 2.32 bits per heavy atom. The Hall–Kier alpha value is -2.54. The van der Waals surface area contributed by atoms with Crippen LogP contribution >= 0.6 is 0 Å². The van der Waals surface area contributed by atoms with E-state index >= 15 is 0 Å². The smallest absolute Gasteiger partial charge is 0.0344 e. The highest BCUT2D eigenvalue weighted by molar-refractivity contribution is 5.59. The van der Waals surface area contributed by atoms with Crippen LogP contribution in [-0.4, -0.2) is 0 Å². The first kappa shape index (κ1) is 18.8. The summed E-state index contributed by atoms with van der Waals surface area (Å²) in [7, 11) is 0. The van der Waals surface area contributed by atoms with Gasteiger partial charge in [0.1, 0.15) is 0 Å². The molecule has 130 valence electrons. The third-order valence-electron chi connectivity index (χ3n) is 4.52. The van der Waals surface area contributed by atoms with Crippen LogP contribution in [0.3, 0.4) is 0 Å². The van der Waals surface area contributed by atoms with E-state index in [-0.39, 0.29) is 0 Å². The quantitative estimate of drug-likeness (QED) is 0.343. The first-order chi connectivity index (χ1) is 12.0. The molecule has 1 heteroatoms. The first-order valence-corrected chi connectivity index (χ1v) is 8.91. The average molecular weight is 332 g/mol. The van der Waals surface area contributed by atoms with Crippen molar-refractivity contribution >= 4 is 17.8 Å². The van der Waals surface area contributed by atoms with Crippen LogP contribution in [0.25, 0.3) is 12.2 Å². The molecule has 0 amide bonds. The zero-order valence-electron chi connectivity index (χ0n) is 15.7. The van der Waals surface area contributed by atoms with Gasteiger partial charge in [0.2, 0.25) is 0 Å². The Balaban J connectivity index is 1.76. The van der Waals surface area contributed by atoms with Gasteiger partial charge in [-0.2, -0.15) is 0 Å². The number of anilines is 1. The summed E-state index contributed by atoms with van der Waals surface area (Å²) in [6, 6.07) is 12.7. The van der Waals surface area contributed by atoms with Crippen molar-refractivity contribution in [2.45, 2.75) is 40.0 Å². The van der Waals surface area contributed by atoms with E-state index in [2.05, 4.69) is 69.0 Å². The van der Waals surface area contributed by atoms with E-state index in [9.17, 15) is 0 Å². The third kappa shape index (κ3) is 6.11. The van der Waals surface area contributed by atoms with Gasteiger partial charge in [0.05, 0.1) is 0 Å². The highest BCUT2D eigenvalue weighted by Crippen LogP contribution is 2.16. The van der Waals surface area contributed by atoms with Crippen molar-refractivity contribution < 1.29 is 0 Å². The Morgan fingerprint density at radius 2 is 1.60 bits per heavy atom. The summed E-state index contributed by atoms with van der Waals surface area (Å²) in [6.07, 6.45) is 11.9. The van der Waals surface area contributed by atoms with Crippen LogP contribution in [0.15, 0.2) is 60.7 Å². The van der Waals surface area contributed by atoms with Crippen LogP contribution in [0.4, 0.5) is 5.69 Å². The number of unbranched alkanes of at least 4 members (excludes halogenated alkanes) is 1. The Labute approximate surface area is 152 Å². The lowest BCUT2D eigenvalue weighted by molar-refractivity contribution is 0.851. The summed E-state index contributed by atoms with van der Waals surface area (Å²) in [5, 5.41) is 0. The number of hydrogen-bond acceptors (Lipinski definition) is 1. The molecular weight excluding hydrogens is 302 g/mol. The molecule has 0 heterocycles. The number of nitrogen functional groups attached to an aromatic ring is 1. The fourth-order valence-corrected chi connectivity index (χ4v) is 2.63. The Bertz CT molecular complexity index is 794. The minimum atomic E-state index is 0.839. The van der Waals surface area contributed by atoms with Gasteiger partial charge in [-0.1, -0.05) is 60.7 Å². The largest absolute Gasteiger partial charge is 0.399 e. The molecule has 0 unspecified atom stereocenters. The summed E-state index contributed by atoms with van der Waals surface area (Å²) in [6.45, 7) is 10.5. The minimum Gasteiger partial charge on any atom is -0.399 e. The number of hydrogen-bond donors (Lipinski definition) is 1. The molecule has 0 fully saturated rings. The number of rotatable bonds is 7. The van der Waals surface area contributed by atoms with Crippen molar-refractivity contribution in [3.63, 3.8) is 0 Å². The van der Waals surface area contributed by atoms with Crippen molar-refractivity contribution in [2.75, 3.05) is 5.73 Å². The van der Waals surface area contributed by atoms with Gasteiger partial charge < -0.3 is 5.73 Å². The van der Waals surface area contributed by atoms with Crippen LogP contribution in [-0.2, 0) is 0 Å². The predicted molar refractivity (Wildman–Crippen MR) is 113 cm³/mol. The van der Waals surface area contributed by atoms with Gasteiger partial charge in [0, 0.05) is 5.69 Å². The molecule has 0 radical (unpaired) electrons. The van der Waals surface area contributed by atoms with Gasteiger partial charge in [-0.15, -0.1) is 0 Å². The summed E-state index contributed by atoms with van der Waals surface area (Å²) in [4.78, 5) is 0. The topological polar surface area (TPSA) is 26.0 Å². The molecule has 0 bridgehead atoms. The van der Waals surface area contributed by atoms with Crippen molar-refractivity contribution in [3.8, 4) is 0 Å². The molecule has 0 aromatic heterocycles. The molecule has 0 aliphatic carbocycles. The van der Waals surface area contributed by atoms with Gasteiger partial charge in [0.25, 0.3) is 0 Å². The third-order valence-corrected chi connectivity index (χ3v) is 4.52. The number of aryl methyl sites for hydroxylation is 3. The lowest BCUT2D eigenvalue weighted by Crippen LogP contribution is -1.88. The molecule has 0 saturated heterocycles. The molecule has 2 aromatic carbocycles. The molecule has 2 aromatic rings. The number of allylic oxidation sites excluding steroid dienone is 3. The lowest BCUT2D eigenvalue weighted by Gasteiger charge is -2.02. The first-order valence-electron chi connectivity index (χ1n) is 8.91. The van der Waals surface area contributed by atoms with Gasteiger partial charge in [0.15, 0.2) is 0 Å². The number of benzene rings is 2. The van der Waals surface area contributed by atoms with Crippen molar-refractivity contribution in [1.29, 1.82) is 0 Å². The molecule has 0 aliphatic rings.